The van der Waals surface area contributed by atoms with Gasteiger partial charge in [-0.05, 0) is 35.7 Å². The van der Waals surface area contributed by atoms with Crippen molar-refractivity contribution in [1.29, 1.82) is 0 Å². The van der Waals surface area contributed by atoms with Crippen LogP contribution >= 0.6 is 34.3 Å². The molecule has 0 unspecified atom stereocenters. The number of urea groups is 1. The van der Waals surface area contributed by atoms with E-state index < -0.39 is 0 Å². The number of aromatic nitrogens is 1. The van der Waals surface area contributed by atoms with E-state index in [0.717, 1.165) is 10.6 Å². The zero-order valence-electron chi connectivity index (χ0n) is 10.7. The van der Waals surface area contributed by atoms with Crippen LogP contribution in [-0.2, 0) is 0 Å². The molecule has 106 valence electrons. The van der Waals surface area contributed by atoms with Gasteiger partial charge in [-0.1, -0.05) is 17.7 Å². The van der Waals surface area contributed by atoms with Gasteiger partial charge in [0.25, 0.3) is 0 Å². The maximum Gasteiger partial charge on any atom is 0.325 e. The van der Waals surface area contributed by atoms with Gasteiger partial charge in [-0.2, -0.15) is 0 Å². The topological polar surface area (TPSA) is 54.0 Å². The van der Waals surface area contributed by atoms with E-state index >= 15 is 0 Å². The highest BCUT2D eigenvalue weighted by molar-refractivity contribution is 7.16. The van der Waals surface area contributed by atoms with Gasteiger partial charge in [0.15, 0.2) is 5.13 Å². The Kier molecular flexibility index (Phi) is 4.19. The molecular formula is C14H10ClN3OS2. The van der Waals surface area contributed by atoms with Gasteiger partial charge < -0.3 is 5.32 Å². The minimum Gasteiger partial charge on any atom is -0.308 e. The number of nitrogens with one attached hydrogen (secondary N) is 2. The normalized spacial score (nSPS) is 10.3. The molecule has 0 atom stereocenters. The quantitative estimate of drug-likeness (QED) is 0.693. The van der Waals surface area contributed by atoms with Crippen LogP contribution in [0.1, 0.15) is 0 Å². The number of hydrogen-bond donors (Lipinski definition) is 2. The van der Waals surface area contributed by atoms with Gasteiger partial charge in [0.2, 0.25) is 0 Å². The number of carbonyl (C=O) groups is 1. The molecule has 2 N–H and O–H groups in total. The van der Waals surface area contributed by atoms with Crippen molar-refractivity contribution in [3.63, 3.8) is 0 Å². The molecule has 0 aliphatic rings. The summed E-state index contributed by atoms with van der Waals surface area (Å²) in [7, 11) is 0. The SMILES string of the molecule is O=C(Nc1ccc(Cl)cc1)Nc1nc(-c2cccs2)cs1. The largest absolute Gasteiger partial charge is 0.325 e. The lowest BCUT2D eigenvalue weighted by Gasteiger charge is -2.05. The van der Waals surface area contributed by atoms with Crippen molar-refractivity contribution < 1.29 is 4.79 Å². The van der Waals surface area contributed by atoms with E-state index in [9.17, 15) is 4.79 Å². The molecule has 0 bridgehead atoms. The lowest BCUT2D eigenvalue weighted by atomic mass is 10.3. The Morgan fingerprint density at radius 3 is 2.62 bits per heavy atom. The lowest BCUT2D eigenvalue weighted by molar-refractivity contribution is 0.262. The van der Waals surface area contributed by atoms with E-state index in [1.807, 2.05) is 22.9 Å². The molecule has 0 saturated carbocycles. The molecule has 1 aromatic carbocycles. The van der Waals surface area contributed by atoms with Crippen LogP contribution in [-0.4, -0.2) is 11.0 Å². The Morgan fingerprint density at radius 2 is 1.90 bits per heavy atom. The summed E-state index contributed by atoms with van der Waals surface area (Å²) in [6, 6.07) is 10.5. The predicted molar refractivity (Wildman–Crippen MR) is 89.5 cm³/mol. The number of thiophene rings is 1. The summed E-state index contributed by atoms with van der Waals surface area (Å²) in [5.41, 5.74) is 1.55. The second-order valence-corrected chi connectivity index (χ2v) is 6.34. The van der Waals surface area contributed by atoms with Gasteiger partial charge in [0.1, 0.15) is 0 Å². The van der Waals surface area contributed by atoms with Crippen LogP contribution in [0.25, 0.3) is 10.6 Å². The molecule has 4 nitrogen and oxygen atoms in total. The third kappa shape index (κ3) is 3.60. The molecule has 2 amide bonds. The van der Waals surface area contributed by atoms with E-state index in [1.165, 1.54) is 11.3 Å². The molecule has 0 spiro atoms. The smallest absolute Gasteiger partial charge is 0.308 e. The lowest BCUT2D eigenvalue weighted by Crippen LogP contribution is -2.19. The Labute approximate surface area is 134 Å². The number of amides is 2. The number of hydrogen-bond acceptors (Lipinski definition) is 4. The third-order valence-electron chi connectivity index (χ3n) is 2.60. The number of halogens is 1. The number of rotatable bonds is 3. The van der Waals surface area contributed by atoms with E-state index in [1.54, 1.807) is 35.6 Å². The van der Waals surface area contributed by atoms with Crippen LogP contribution in [0.15, 0.2) is 47.2 Å². The van der Waals surface area contributed by atoms with Crippen molar-refractivity contribution in [1.82, 2.24) is 4.98 Å². The van der Waals surface area contributed by atoms with E-state index in [0.29, 0.717) is 15.8 Å². The summed E-state index contributed by atoms with van der Waals surface area (Å²) in [6.45, 7) is 0. The first-order chi connectivity index (χ1) is 10.2. The van der Waals surface area contributed by atoms with Crippen LogP contribution in [0.4, 0.5) is 15.6 Å². The van der Waals surface area contributed by atoms with Gasteiger partial charge in [0.05, 0.1) is 10.6 Å². The molecule has 0 aliphatic heterocycles. The Bertz CT molecular complexity index is 738. The van der Waals surface area contributed by atoms with Crippen LogP contribution in [0.2, 0.25) is 5.02 Å². The number of thiazole rings is 1. The molecule has 21 heavy (non-hydrogen) atoms. The fourth-order valence-corrected chi connectivity index (χ4v) is 3.25. The zero-order chi connectivity index (χ0) is 14.7. The van der Waals surface area contributed by atoms with E-state index in [-0.39, 0.29) is 6.03 Å². The minimum atomic E-state index is -0.329. The molecule has 7 heteroatoms. The third-order valence-corrected chi connectivity index (χ3v) is 4.50. The van der Waals surface area contributed by atoms with Gasteiger partial charge in [-0.3, -0.25) is 5.32 Å². The van der Waals surface area contributed by atoms with Gasteiger partial charge in [0, 0.05) is 16.1 Å². The summed E-state index contributed by atoms with van der Waals surface area (Å²) < 4.78 is 0. The number of nitrogens with zero attached hydrogens (tertiary/aromatic N) is 1. The highest BCUT2D eigenvalue weighted by Gasteiger charge is 2.08. The number of carbonyl (C=O) groups excluding carboxylic acids is 1. The first-order valence-corrected chi connectivity index (χ1v) is 8.17. The summed E-state index contributed by atoms with van der Waals surface area (Å²) in [6.07, 6.45) is 0. The second kappa shape index (κ2) is 6.26. The van der Waals surface area contributed by atoms with Crippen molar-refractivity contribution in [2.45, 2.75) is 0 Å². The van der Waals surface area contributed by atoms with Crippen molar-refractivity contribution >= 4 is 51.1 Å². The Morgan fingerprint density at radius 1 is 1.10 bits per heavy atom. The predicted octanol–water partition coefficient (Wildman–Crippen LogP) is 5.17. The van der Waals surface area contributed by atoms with Crippen LogP contribution in [0.5, 0.6) is 0 Å². The van der Waals surface area contributed by atoms with Crippen molar-refractivity contribution in [2.75, 3.05) is 10.6 Å². The molecular weight excluding hydrogens is 326 g/mol. The van der Waals surface area contributed by atoms with Crippen molar-refractivity contribution in [2.24, 2.45) is 0 Å². The average molecular weight is 336 g/mol. The summed E-state index contributed by atoms with van der Waals surface area (Å²) in [5.74, 6) is 0. The van der Waals surface area contributed by atoms with Crippen molar-refractivity contribution in [3.05, 3.63) is 52.2 Å². The molecule has 0 fully saturated rings. The Hall–Kier alpha value is -1.89. The van der Waals surface area contributed by atoms with Gasteiger partial charge >= 0.3 is 6.03 Å². The molecule has 0 saturated heterocycles. The monoisotopic (exact) mass is 335 g/mol. The van der Waals surface area contributed by atoms with Gasteiger partial charge in [-0.25, -0.2) is 9.78 Å². The van der Waals surface area contributed by atoms with Crippen molar-refractivity contribution in [3.8, 4) is 10.6 Å². The maximum atomic E-state index is 11.9. The van der Waals surface area contributed by atoms with Gasteiger partial charge in [-0.15, -0.1) is 22.7 Å². The Balaban J connectivity index is 1.64. The molecule has 3 rings (SSSR count). The summed E-state index contributed by atoms with van der Waals surface area (Å²) >= 11 is 8.80. The molecule has 2 heterocycles. The zero-order valence-corrected chi connectivity index (χ0v) is 13.1. The standard InChI is InChI=1S/C14H10ClN3OS2/c15-9-3-5-10(6-4-9)16-13(19)18-14-17-11(8-21-14)12-2-1-7-20-12/h1-8H,(H2,16,17,18,19). The first kappa shape index (κ1) is 14.1. The second-order valence-electron chi connectivity index (χ2n) is 4.10. The summed E-state index contributed by atoms with van der Waals surface area (Å²) in [5, 5.41) is 10.5. The van der Waals surface area contributed by atoms with Crippen LogP contribution in [0, 0.1) is 0 Å². The van der Waals surface area contributed by atoms with Crippen LogP contribution in [0.3, 0.4) is 0 Å². The molecule has 3 aromatic rings. The number of anilines is 2. The highest BCUT2D eigenvalue weighted by atomic mass is 35.5. The minimum absolute atomic E-state index is 0.329. The highest BCUT2D eigenvalue weighted by Crippen LogP contribution is 2.28. The fourth-order valence-electron chi connectivity index (χ4n) is 1.66. The maximum absolute atomic E-state index is 11.9. The first-order valence-electron chi connectivity index (χ1n) is 6.04. The van der Waals surface area contributed by atoms with Crippen LogP contribution < -0.4 is 10.6 Å². The van der Waals surface area contributed by atoms with E-state index in [2.05, 4.69) is 15.6 Å². The fraction of sp³-hybridized carbons (Fsp3) is 0. The molecule has 2 aromatic heterocycles. The molecule has 0 radical (unpaired) electrons. The summed E-state index contributed by atoms with van der Waals surface area (Å²) in [4.78, 5) is 17.3. The average Bonchev–Trinajstić information content (AvgIpc) is 3.12. The molecule has 0 aliphatic carbocycles. The number of benzene rings is 1. The van der Waals surface area contributed by atoms with E-state index in [4.69, 9.17) is 11.6 Å².